The molecule has 0 aliphatic carbocycles. The molecule has 1 heterocycles. The summed E-state index contributed by atoms with van der Waals surface area (Å²) in [6.45, 7) is 8.47. The van der Waals surface area contributed by atoms with E-state index in [-0.39, 0.29) is 17.7 Å². The Balaban J connectivity index is 1.99. The fraction of sp³-hybridized carbons (Fsp3) is 0.647. The first kappa shape index (κ1) is 16.3. The molecule has 1 aromatic rings. The van der Waals surface area contributed by atoms with Crippen LogP contribution in [0.1, 0.15) is 45.2 Å². The molecule has 1 saturated heterocycles. The van der Waals surface area contributed by atoms with Crippen LogP contribution in [0.2, 0.25) is 0 Å². The van der Waals surface area contributed by atoms with Crippen LogP contribution in [0.15, 0.2) is 24.3 Å². The highest BCUT2D eigenvalue weighted by molar-refractivity contribution is 5.31. The highest BCUT2D eigenvalue weighted by Gasteiger charge is 2.30. The van der Waals surface area contributed by atoms with E-state index in [1.807, 2.05) is 26.0 Å². The maximum atomic E-state index is 5.94. The molecule has 4 heteroatoms. The van der Waals surface area contributed by atoms with Gasteiger partial charge in [-0.15, -0.1) is 0 Å². The van der Waals surface area contributed by atoms with Gasteiger partial charge in [-0.1, -0.05) is 12.1 Å². The van der Waals surface area contributed by atoms with Gasteiger partial charge in [-0.2, -0.15) is 0 Å². The van der Waals surface area contributed by atoms with Crippen molar-refractivity contribution in [2.45, 2.75) is 51.4 Å². The number of nitrogens with two attached hydrogens (primary N) is 1. The fourth-order valence-corrected chi connectivity index (χ4v) is 2.73. The van der Waals surface area contributed by atoms with E-state index in [0.29, 0.717) is 6.54 Å². The summed E-state index contributed by atoms with van der Waals surface area (Å²) < 4.78 is 11.6. The summed E-state index contributed by atoms with van der Waals surface area (Å²) in [5.41, 5.74) is 7.05. The van der Waals surface area contributed by atoms with Crippen molar-refractivity contribution in [1.29, 1.82) is 0 Å². The second-order valence-electron chi connectivity index (χ2n) is 6.31. The SMILES string of the molecule is CC(C)Oc1cccc(C(CN)NCC2(C)CCCO2)c1. The minimum Gasteiger partial charge on any atom is -0.491 e. The molecule has 1 fully saturated rings. The summed E-state index contributed by atoms with van der Waals surface area (Å²) >= 11 is 0. The largest absolute Gasteiger partial charge is 0.491 e. The maximum Gasteiger partial charge on any atom is 0.120 e. The molecular weight excluding hydrogens is 264 g/mol. The van der Waals surface area contributed by atoms with E-state index in [1.165, 1.54) is 0 Å². The molecule has 3 N–H and O–H groups in total. The molecule has 0 spiro atoms. The van der Waals surface area contributed by atoms with Gasteiger partial charge < -0.3 is 20.5 Å². The molecule has 2 atom stereocenters. The summed E-state index contributed by atoms with van der Waals surface area (Å²) in [5, 5.41) is 3.54. The van der Waals surface area contributed by atoms with Crippen molar-refractivity contribution in [3.8, 4) is 5.75 Å². The van der Waals surface area contributed by atoms with Crippen LogP contribution in [0.5, 0.6) is 5.75 Å². The third kappa shape index (κ3) is 4.70. The van der Waals surface area contributed by atoms with E-state index in [1.54, 1.807) is 0 Å². The molecule has 0 bridgehead atoms. The Morgan fingerprint density at radius 3 is 2.86 bits per heavy atom. The zero-order valence-electron chi connectivity index (χ0n) is 13.4. The van der Waals surface area contributed by atoms with Crippen LogP contribution in [-0.4, -0.2) is 31.4 Å². The van der Waals surface area contributed by atoms with Gasteiger partial charge in [0.2, 0.25) is 0 Å². The number of ether oxygens (including phenoxy) is 2. The molecule has 21 heavy (non-hydrogen) atoms. The van der Waals surface area contributed by atoms with Crippen molar-refractivity contribution in [1.82, 2.24) is 5.32 Å². The standard InChI is InChI=1S/C17H28N2O2/c1-13(2)21-15-7-4-6-14(10-15)16(11-18)19-12-17(3)8-5-9-20-17/h4,6-7,10,13,16,19H,5,8-9,11-12,18H2,1-3H3. The summed E-state index contributed by atoms with van der Waals surface area (Å²) in [4.78, 5) is 0. The lowest BCUT2D eigenvalue weighted by atomic mass is 10.0. The van der Waals surface area contributed by atoms with Crippen LogP contribution in [0.4, 0.5) is 0 Å². The molecule has 4 nitrogen and oxygen atoms in total. The zero-order chi connectivity index (χ0) is 15.3. The predicted molar refractivity (Wildman–Crippen MR) is 85.6 cm³/mol. The van der Waals surface area contributed by atoms with Gasteiger partial charge in [0.05, 0.1) is 11.7 Å². The molecule has 2 rings (SSSR count). The number of nitrogens with one attached hydrogen (secondary N) is 1. The predicted octanol–water partition coefficient (Wildman–Crippen LogP) is 2.63. The average Bonchev–Trinajstić information content (AvgIpc) is 2.86. The molecule has 0 amide bonds. The van der Waals surface area contributed by atoms with Crippen molar-refractivity contribution in [3.05, 3.63) is 29.8 Å². The van der Waals surface area contributed by atoms with Gasteiger partial charge in [-0.3, -0.25) is 0 Å². The Morgan fingerprint density at radius 1 is 1.43 bits per heavy atom. The number of benzene rings is 1. The van der Waals surface area contributed by atoms with Crippen LogP contribution in [0.3, 0.4) is 0 Å². The van der Waals surface area contributed by atoms with Crippen molar-refractivity contribution in [3.63, 3.8) is 0 Å². The van der Waals surface area contributed by atoms with Gasteiger partial charge in [-0.05, 0) is 51.3 Å². The van der Waals surface area contributed by atoms with Crippen LogP contribution in [0.25, 0.3) is 0 Å². The van der Waals surface area contributed by atoms with Crippen molar-refractivity contribution >= 4 is 0 Å². The van der Waals surface area contributed by atoms with E-state index in [9.17, 15) is 0 Å². The molecule has 1 aliphatic rings. The quantitative estimate of drug-likeness (QED) is 0.811. The molecule has 2 unspecified atom stereocenters. The van der Waals surface area contributed by atoms with Gasteiger partial charge in [0.15, 0.2) is 0 Å². The topological polar surface area (TPSA) is 56.5 Å². The average molecular weight is 292 g/mol. The summed E-state index contributed by atoms with van der Waals surface area (Å²) in [6, 6.07) is 8.29. The maximum absolute atomic E-state index is 5.94. The zero-order valence-corrected chi connectivity index (χ0v) is 13.4. The smallest absolute Gasteiger partial charge is 0.120 e. The van der Waals surface area contributed by atoms with E-state index in [2.05, 4.69) is 24.4 Å². The molecule has 1 aliphatic heterocycles. The van der Waals surface area contributed by atoms with Crippen molar-refractivity contribution in [2.24, 2.45) is 5.73 Å². The summed E-state index contributed by atoms with van der Waals surface area (Å²) in [6.07, 6.45) is 2.42. The van der Waals surface area contributed by atoms with Crippen molar-refractivity contribution < 1.29 is 9.47 Å². The first-order valence-electron chi connectivity index (χ1n) is 7.86. The van der Waals surface area contributed by atoms with E-state index >= 15 is 0 Å². The molecule has 0 radical (unpaired) electrons. The lowest BCUT2D eigenvalue weighted by Gasteiger charge is -2.27. The van der Waals surface area contributed by atoms with Crippen LogP contribution < -0.4 is 15.8 Å². The molecule has 1 aromatic carbocycles. The second kappa shape index (κ2) is 7.25. The van der Waals surface area contributed by atoms with Crippen LogP contribution in [0, 0.1) is 0 Å². The second-order valence-corrected chi connectivity index (χ2v) is 6.31. The number of rotatable bonds is 7. The third-order valence-corrected chi connectivity index (χ3v) is 3.89. The Kier molecular flexibility index (Phi) is 5.62. The van der Waals surface area contributed by atoms with E-state index in [0.717, 1.165) is 37.3 Å². The Labute approximate surface area is 128 Å². The van der Waals surface area contributed by atoms with Crippen molar-refractivity contribution in [2.75, 3.05) is 19.7 Å². The molecule has 0 aromatic heterocycles. The lowest BCUT2D eigenvalue weighted by molar-refractivity contribution is 0.0189. The summed E-state index contributed by atoms with van der Waals surface area (Å²) in [5.74, 6) is 0.895. The van der Waals surface area contributed by atoms with Gasteiger partial charge in [0, 0.05) is 25.7 Å². The van der Waals surface area contributed by atoms with Gasteiger partial charge in [0.1, 0.15) is 5.75 Å². The van der Waals surface area contributed by atoms with Crippen LogP contribution >= 0.6 is 0 Å². The van der Waals surface area contributed by atoms with Gasteiger partial charge in [0.25, 0.3) is 0 Å². The normalized spacial score (nSPS) is 23.5. The van der Waals surface area contributed by atoms with Gasteiger partial charge in [-0.25, -0.2) is 0 Å². The van der Waals surface area contributed by atoms with E-state index in [4.69, 9.17) is 15.2 Å². The highest BCUT2D eigenvalue weighted by Crippen LogP contribution is 2.26. The molecular formula is C17H28N2O2. The number of hydrogen-bond acceptors (Lipinski definition) is 4. The monoisotopic (exact) mass is 292 g/mol. The minimum atomic E-state index is -0.0561. The highest BCUT2D eigenvalue weighted by atomic mass is 16.5. The van der Waals surface area contributed by atoms with Gasteiger partial charge >= 0.3 is 0 Å². The Bertz CT molecular complexity index is 442. The third-order valence-electron chi connectivity index (χ3n) is 3.89. The first-order chi connectivity index (χ1) is 10.0. The first-order valence-corrected chi connectivity index (χ1v) is 7.86. The Morgan fingerprint density at radius 2 is 2.24 bits per heavy atom. The Hall–Kier alpha value is -1.10. The van der Waals surface area contributed by atoms with E-state index < -0.39 is 0 Å². The molecule has 0 saturated carbocycles. The molecule has 118 valence electrons. The minimum absolute atomic E-state index is 0.0561. The lowest BCUT2D eigenvalue weighted by Crippen LogP contribution is -2.41. The fourth-order valence-electron chi connectivity index (χ4n) is 2.73. The summed E-state index contributed by atoms with van der Waals surface area (Å²) in [7, 11) is 0. The van der Waals surface area contributed by atoms with Crippen LogP contribution in [-0.2, 0) is 4.74 Å². The number of hydrogen-bond donors (Lipinski definition) is 2.